The SMILES string of the molecule is Cc1ccc(C)c(NC(=O)NC2CCCCCC2)c1. The molecular weight excluding hydrogens is 236 g/mol. The molecule has 0 atom stereocenters. The van der Waals surface area contributed by atoms with Gasteiger partial charge in [-0.25, -0.2) is 4.79 Å². The molecule has 104 valence electrons. The highest BCUT2D eigenvalue weighted by Crippen LogP contribution is 2.18. The average Bonchev–Trinajstić information content (AvgIpc) is 2.62. The summed E-state index contributed by atoms with van der Waals surface area (Å²) in [5.74, 6) is 0. The van der Waals surface area contributed by atoms with E-state index >= 15 is 0 Å². The number of aryl methyl sites for hydroxylation is 2. The Labute approximate surface area is 115 Å². The molecule has 1 fully saturated rings. The third-order valence-corrected chi connectivity index (χ3v) is 3.83. The van der Waals surface area contributed by atoms with Gasteiger partial charge in [-0.3, -0.25) is 0 Å². The Morgan fingerprint density at radius 3 is 2.47 bits per heavy atom. The van der Waals surface area contributed by atoms with Crippen LogP contribution in [0.5, 0.6) is 0 Å². The number of carbonyl (C=O) groups excluding carboxylic acids is 1. The first-order chi connectivity index (χ1) is 9.15. The first-order valence-corrected chi connectivity index (χ1v) is 7.30. The molecule has 3 nitrogen and oxygen atoms in total. The smallest absolute Gasteiger partial charge is 0.319 e. The summed E-state index contributed by atoms with van der Waals surface area (Å²) in [6.07, 6.45) is 7.29. The molecule has 1 saturated carbocycles. The lowest BCUT2D eigenvalue weighted by molar-refractivity contribution is 0.247. The van der Waals surface area contributed by atoms with E-state index in [9.17, 15) is 4.79 Å². The van der Waals surface area contributed by atoms with E-state index in [0.29, 0.717) is 6.04 Å². The third kappa shape index (κ3) is 4.27. The Morgan fingerprint density at radius 2 is 1.79 bits per heavy atom. The van der Waals surface area contributed by atoms with Crippen molar-refractivity contribution in [2.24, 2.45) is 0 Å². The molecule has 0 radical (unpaired) electrons. The first kappa shape index (κ1) is 13.9. The fourth-order valence-corrected chi connectivity index (χ4v) is 2.64. The van der Waals surface area contributed by atoms with Gasteiger partial charge in [0.15, 0.2) is 0 Å². The van der Waals surface area contributed by atoms with Gasteiger partial charge in [0.1, 0.15) is 0 Å². The highest BCUT2D eigenvalue weighted by Gasteiger charge is 2.14. The fourth-order valence-electron chi connectivity index (χ4n) is 2.64. The predicted molar refractivity (Wildman–Crippen MR) is 79.6 cm³/mol. The van der Waals surface area contributed by atoms with Gasteiger partial charge in [-0.2, -0.15) is 0 Å². The van der Waals surface area contributed by atoms with Crippen LogP contribution in [0.4, 0.5) is 10.5 Å². The van der Waals surface area contributed by atoms with Crippen molar-refractivity contribution in [2.75, 3.05) is 5.32 Å². The lowest BCUT2D eigenvalue weighted by Gasteiger charge is -2.17. The first-order valence-electron chi connectivity index (χ1n) is 7.30. The monoisotopic (exact) mass is 260 g/mol. The molecule has 0 bridgehead atoms. The number of carbonyl (C=O) groups is 1. The molecule has 2 N–H and O–H groups in total. The number of anilines is 1. The molecule has 1 aliphatic carbocycles. The molecule has 1 aromatic carbocycles. The molecular formula is C16H24N2O. The lowest BCUT2D eigenvalue weighted by Crippen LogP contribution is -2.37. The highest BCUT2D eigenvalue weighted by atomic mass is 16.2. The molecule has 0 aliphatic heterocycles. The van der Waals surface area contributed by atoms with Gasteiger partial charge in [0.25, 0.3) is 0 Å². The number of hydrogen-bond acceptors (Lipinski definition) is 1. The van der Waals surface area contributed by atoms with Crippen LogP contribution in [0.2, 0.25) is 0 Å². The Bertz CT molecular complexity index is 434. The maximum atomic E-state index is 12.0. The second-order valence-corrected chi connectivity index (χ2v) is 5.61. The molecule has 0 unspecified atom stereocenters. The molecule has 0 spiro atoms. The van der Waals surface area contributed by atoms with Crippen molar-refractivity contribution in [1.82, 2.24) is 5.32 Å². The number of benzene rings is 1. The molecule has 0 aromatic heterocycles. The van der Waals surface area contributed by atoms with E-state index in [0.717, 1.165) is 29.7 Å². The number of rotatable bonds is 2. The van der Waals surface area contributed by atoms with E-state index in [4.69, 9.17) is 0 Å². The molecule has 1 aromatic rings. The molecule has 2 rings (SSSR count). The Kier molecular flexibility index (Phi) is 4.83. The summed E-state index contributed by atoms with van der Waals surface area (Å²) >= 11 is 0. The minimum atomic E-state index is -0.0689. The van der Waals surface area contributed by atoms with E-state index in [1.807, 2.05) is 26.0 Å². The molecule has 0 heterocycles. The summed E-state index contributed by atoms with van der Waals surface area (Å²) in [6.45, 7) is 4.05. The zero-order valence-corrected chi connectivity index (χ0v) is 12.0. The topological polar surface area (TPSA) is 41.1 Å². The average molecular weight is 260 g/mol. The van der Waals surface area contributed by atoms with E-state index in [1.54, 1.807) is 0 Å². The normalized spacial score (nSPS) is 16.7. The standard InChI is InChI=1S/C16H24N2O/c1-12-9-10-13(2)15(11-12)18-16(19)17-14-7-5-3-4-6-8-14/h9-11,14H,3-8H2,1-2H3,(H2,17,18,19). The van der Waals surface area contributed by atoms with Gasteiger partial charge in [0.05, 0.1) is 0 Å². The third-order valence-electron chi connectivity index (χ3n) is 3.83. The summed E-state index contributed by atoms with van der Waals surface area (Å²) < 4.78 is 0. The minimum Gasteiger partial charge on any atom is -0.335 e. The number of hydrogen-bond donors (Lipinski definition) is 2. The van der Waals surface area contributed by atoms with Crippen LogP contribution < -0.4 is 10.6 Å². The van der Waals surface area contributed by atoms with Crippen LogP contribution in [0.1, 0.15) is 49.7 Å². The van der Waals surface area contributed by atoms with Gasteiger partial charge >= 0.3 is 6.03 Å². The van der Waals surface area contributed by atoms with Gasteiger partial charge in [-0.1, -0.05) is 37.8 Å². The van der Waals surface area contributed by atoms with E-state index in [-0.39, 0.29) is 6.03 Å². The fraction of sp³-hybridized carbons (Fsp3) is 0.562. The predicted octanol–water partition coefficient (Wildman–Crippen LogP) is 4.15. The van der Waals surface area contributed by atoms with Crippen LogP contribution in [0.15, 0.2) is 18.2 Å². The van der Waals surface area contributed by atoms with Gasteiger partial charge < -0.3 is 10.6 Å². The van der Waals surface area contributed by atoms with Crippen molar-refractivity contribution in [3.8, 4) is 0 Å². The van der Waals surface area contributed by atoms with Gasteiger partial charge in [0.2, 0.25) is 0 Å². The quantitative estimate of drug-likeness (QED) is 0.771. The van der Waals surface area contributed by atoms with Crippen molar-refractivity contribution >= 4 is 11.7 Å². The zero-order valence-electron chi connectivity index (χ0n) is 12.0. The number of amides is 2. The number of urea groups is 1. The lowest BCUT2D eigenvalue weighted by atomic mass is 10.1. The van der Waals surface area contributed by atoms with Crippen molar-refractivity contribution in [3.05, 3.63) is 29.3 Å². The summed E-state index contributed by atoms with van der Waals surface area (Å²) in [5.41, 5.74) is 3.17. The largest absolute Gasteiger partial charge is 0.335 e. The Balaban J connectivity index is 1.91. The Hall–Kier alpha value is -1.51. The second-order valence-electron chi connectivity index (χ2n) is 5.61. The summed E-state index contributed by atoms with van der Waals surface area (Å²) in [5, 5.41) is 6.07. The van der Waals surface area contributed by atoms with Gasteiger partial charge in [-0.05, 0) is 43.9 Å². The van der Waals surface area contributed by atoms with Crippen LogP contribution in [0.3, 0.4) is 0 Å². The van der Waals surface area contributed by atoms with Crippen LogP contribution in [-0.4, -0.2) is 12.1 Å². The molecule has 3 heteroatoms. The zero-order chi connectivity index (χ0) is 13.7. The van der Waals surface area contributed by atoms with E-state index in [2.05, 4.69) is 16.7 Å². The van der Waals surface area contributed by atoms with E-state index in [1.165, 1.54) is 25.7 Å². The van der Waals surface area contributed by atoms with Gasteiger partial charge in [-0.15, -0.1) is 0 Å². The molecule has 2 amide bonds. The van der Waals surface area contributed by atoms with Crippen molar-refractivity contribution in [2.45, 2.75) is 58.4 Å². The molecule has 1 aliphatic rings. The van der Waals surface area contributed by atoms with Gasteiger partial charge in [0, 0.05) is 11.7 Å². The second kappa shape index (κ2) is 6.60. The van der Waals surface area contributed by atoms with Crippen LogP contribution >= 0.6 is 0 Å². The minimum absolute atomic E-state index is 0.0689. The molecule has 19 heavy (non-hydrogen) atoms. The number of nitrogens with one attached hydrogen (secondary N) is 2. The van der Waals surface area contributed by atoms with Crippen molar-refractivity contribution < 1.29 is 4.79 Å². The Morgan fingerprint density at radius 1 is 1.11 bits per heavy atom. The summed E-state index contributed by atoms with van der Waals surface area (Å²) in [7, 11) is 0. The van der Waals surface area contributed by atoms with Crippen LogP contribution in [0.25, 0.3) is 0 Å². The maximum absolute atomic E-state index is 12.0. The maximum Gasteiger partial charge on any atom is 0.319 e. The molecule has 0 saturated heterocycles. The van der Waals surface area contributed by atoms with Crippen molar-refractivity contribution in [3.63, 3.8) is 0 Å². The van der Waals surface area contributed by atoms with E-state index < -0.39 is 0 Å². The summed E-state index contributed by atoms with van der Waals surface area (Å²) in [4.78, 5) is 12.0. The van der Waals surface area contributed by atoms with Crippen LogP contribution in [-0.2, 0) is 0 Å². The summed E-state index contributed by atoms with van der Waals surface area (Å²) in [6, 6.07) is 6.38. The van der Waals surface area contributed by atoms with Crippen LogP contribution in [0, 0.1) is 13.8 Å². The highest BCUT2D eigenvalue weighted by molar-refractivity contribution is 5.90. The van der Waals surface area contributed by atoms with Crippen molar-refractivity contribution in [1.29, 1.82) is 0 Å².